The number of hydrazone groups is 1. The zero-order valence-corrected chi connectivity index (χ0v) is 14.8. The van der Waals surface area contributed by atoms with Crippen molar-refractivity contribution in [1.82, 2.24) is 0 Å². The highest BCUT2D eigenvalue weighted by molar-refractivity contribution is 5.78. The van der Waals surface area contributed by atoms with E-state index < -0.39 is 33.0 Å². The highest BCUT2D eigenvalue weighted by atomic mass is 19.4. The van der Waals surface area contributed by atoms with Crippen LogP contribution in [0.3, 0.4) is 0 Å². The lowest BCUT2D eigenvalue weighted by Gasteiger charge is -2.07. The van der Waals surface area contributed by atoms with Gasteiger partial charge in [0.15, 0.2) is 0 Å². The first-order valence-electron chi connectivity index (χ1n) is 8.14. The first-order valence-corrected chi connectivity index (χ1v) is 8.14. The Morgan fingerprint density at radius 3 is 2.43 bits per heavy atom. The monoisotopic (exact) mass is 420 g/mol. The molecule has 0 atom stereocenters. The van der Waals surface area contributed by atoms with Crippen molar-refractivity contribution in [2.45, 2.75) is 6.18 Å². The number of alkyl halides is 3. The average Bonchev–Trinajstić information content (AvgIpc) is 3.16. The number of nitrogens with zero attached hydrogens (tertiary/aromatic N) is 3. The van der Waals surface area contributed by atoms with Gasteiger partial charge in [0.25, 0.3) is 5.69 Å². The van der Waals surface area contributed by atoms with Crippen LogP contribution >= 0.6 is 0 Å². The minimum atomic E-state index is -4.49. The molecule has 30 heavy (non-hydrogen) atoms. The molecule has 3 aromatic rings. The maximum absolute atomic E-state index is 12.8. The van der Waals surface area contributed by atoms with Gasteiger partial charge in [0.1, 0.15) is 17.2 Å². The first-order chi connectivity index (χ1) is 14.1. The van der Waals surface area contributed by atoms with Gasteiger partial charge in [-0.3, -0.25) is 25.7 Å². The van der Waals surface area contributed by atoms with Crippen LogP contribution in [0.5, 0.6) is 0 Å². The van der Waals surface area contributed by atoms with E-state index in [4.69, 9.17) is 4.42 Å². The van der Waals surface area contributed by atoms with Crippen molar-refractivity contribution in [3.05, 3.63) is 86.1 Å². The number of hydrogen-bond acceptors (Lipinski definition) is 7. The Balaban J connectivity index is 1.77. The molecule has 0 unspecified atom stereocenters. The van der Waals surface area contributed by atoms with Gasteiger partial charge in [-0.1, -0.05) is 12.1 Å². The first kappa shape index (κ1) is 20.5. The molecule has 0 fully saturated rings. The van der Waals surface area contributed by atoms with Crippen molar-refractivity contribution in [3.8, 4) is 11.3 Å². The van der Waals surface area contributed by atoms with Gasteiger partial charge in [-0.15, -0.1) is 0 Å². The predicted molar refractivity (Wildman–Crippen MR) is 100 cm³/mol. The van der Waals surface area contributed by atoms with Crippen molar-refractivity contribution in [2.24, 2.45) is 5.10 Å². The molecule has 12 heteroatoms. The SMILES string of the molecule is O=[N+]([O-])c1ccc(N/N=C\c2ccc(-c3cccc(C(F)(F)F)c3)o2)c([N+](=O)[O-])c1. The van der Waals surface area contributed by atoms with Gasteiger partial charge < -0.3 is 4.42 Å². The summed E-state index contributed by atoms with van der Waals surface area (Å²) in [5, 5.41) is 25.6. The van der Waals surface area contributed by atoms with E-state index >= 15 is 0 Å². The Morgan fingerprint density at radius 1 is 1.00 bits per heavy atom. The van der Waals surface area contributed by atoms with E-state index in [1.807, 2.05) is 0 Å². The molecule has 0 aliphatic rings. The fourth-order valence-corrected chi connectivity index (χ4v) is 2.47. The van der Waals surface area contributed by atoms with Crippen molar-refractivity contribution in [3.63, 3.8) is 0 Å². The summed E-state index contributed by atoms with van der Waals surface area (Å²) in [7, 11) is 0. The second-order valence-corrected chi connectivity index (χ2v) is 5.87. The zero-order chi connectivity index (χ0) is 21.9. The van der Waals surface area contributed by atoms with Gasteiger partial charge in [-0.05, 0) is 30.3 Å². The van der Waals surface area contributed by atoms with Gasteiger partial charge in [-0.2, -0.15) is 18.3 Å². The van der Waals surface area contributed by atoms with E-state index in [-0.39, 0.29) is 22.8 Å². The summed E-state index contributed by atoms with van der Waals surface area (Å²) >= 11 is 0. The molecule has 1 heterocycles. The summed E-state index contributed by atoms with van der Waals surface area (Å²) in [6, 6.07) is 10.5. The summed E-state index contributed by atoms with van der Waals surface area (Å²) in [5.74, 6) is 0.336. The highest BCUT2D eigenvalue weighted by Gasteiger charge is 2.30. The van der Waals surface area contributed by atoms with E-state index in [2.05, 4.69) is 10.5 Å². The molecule has 0 aliphatic heterocycles. The number of nitrogens with one attached hydrogen (secondary N) is 1. The lowest BCUT2D eigenvalue weighted by Crippen LogP contribution is -2.04. The van der Waals surface area contributed by atoms with Gasteiger partial charge in [0.2, 0.25) is 0 Å². The van der Waals surface area contributed by atoms with Crippen LogP contribution < -0.4 is 5.43 Å². The lowest BCUT2D eigenvalue weighted by molar-refractivity contribution is -0.393. The third-order valence-corrected chi connectivity index (χ3v) is 3.87. The van der Waals surface area contributed by atoms with Crippen molar-refractivity contribution in [1.29, 1.82) is 0 Å². The molecule has 0 amide bonds. The second-order valence-electron chi connectivity index (χ2n) is 5.87. The quantitative estimate of drug-likeness (QED) is 0.331. The molecule has 2 aromatic carbocycles. The van der Waals surface area contributed by atoms with Crippen LogP contribution in [0.4, 0.5) is 30.2 Å². The Morgan fingerprint density at radius 2 is 1.77 bits per heavy atom. The molecule has 1 aromatic heterocycles. The molecule has 0 aliphatic carbocycles. The fraction of sp³-hybridized carbons (Fsp3) is 0.0556. The maximum atomic E-state index is 12.8. The molecule has 0 saturated heterocycles. The summed E-state index contributed by atoms with van der Waals surface area (Å²) in [4.78, 5) is 20.3. The van der Waals surface area contributed by atoms with Gasteiger partial charge in [0, 0.05) is 11.6 Å². The number of nitro benzene ring substituents is 2. The number of anilines is 1. The van der Waals surface area contributed by atoms with Crippen LogP contribution in [-0.4, -0.2) is 16.1 Å². The number of halogens is 3. The maximum Gasteiger partial charge on any atom is 0.416 e. The molecular formula is C18H11F3N4O5. The third kappa shape index (κ3) is 4.60. The Labute approximate surface area is 165 Å². The van der Waals surface area contributed by atoms with E-state index in [0.29, 0.717) is 0 Å². The van der Waals surface area contributed by atoms with E-state index in [1.54, 1.807) is 0 Å². The molecule has 154 valence electrons. The molecule has 0 radical (unpaired) electrons. The number of furan rings is 1. The molecule has 0 saturated carbocycles. The van der Waals surface area contributed by atoms with E-state index in [1.165, 1.54) is 24.3 Å². The summed E-state index contributed by atoms with van der Waals surface area (Å²) in [5.41, 5.74) is 0.682. The number of rotatable bonds is 6. The van der Waals surface area contributed by atoms with Crippen molar-refractivity contribution in [2.75, 3.05) is 5.43 Å². The summed E-state index contributed by atoms with van der Waals surface area (Å²) in [6.07, 6.45) is -3.33. The molecule has 0 bridgehead atoms. The van der Waals surface area contributed by atoms with Crippen LogP contribution in [0.2, 0.25) is 0 Å². The summed E-state index contributed by atoms with van der Waals surface area (Å²) in [6.45, 7) is 0. The van der Waals surface area contributed by atoms with Gasteiger partial charge in [0.05, 0.1) is 27.7 Å². The second kappa shape index (κ2) is 8.03. The number of non-ortho nitro benzene ring substituents is 1. The molecular weight excluding hydrogens is 409 g/mol. The zero-order valence-electron chi connectivity index (χ0n) is 14.8. The van der Waals surface area contributed by atoms with Crippen LogP contribution in [0, 0.1) is 20.2 Å². The van der Waals surface area contributed by atoms with Crippen LogP contribution in [0.1, 0.15) is 11.3 Å². The third-order valence-electron chi connectivity index (χ3n) is 3.87. The molecule has 9 nitrogen and oxygen atoms in total. The highest BCUT2D eigenvalue weighted by Crippen LogP contribution is 2.32. The van der Waals surface area contributed by atoms with Gasteiger partial charge >= 0.3 is 11.9 Å². The summed E-state index contributed by atoms with van der Waals surface area (Å²) < 4.78 is 43.9. The normalized spacial score (nSPS) is 11.6. The number of nitro groups is 2. The van der Waals surface area contributed by atoms with Gasteiger partial charge in [-0.25, -0.2) is 0 Å². The molecule has 0 spiro atoms. The van der Waals surface area contributed by atoms with E-state index in [9.17, 15) is 33.4 Å². The van der Waals surface area contributed by atoms with Crippen LogP contribution in [-0.2, 0) is 6.18 Å². The van der Waals surface area contributed by atoms with Crippen molar-refractivity contribution < 1.29 is 27.4 Å². The Kier molecular flexibility index (Phi) is 5.49. The van der Waals surface area contributed by atoms with Crippen LogP contribution in [0.15, 0.2) is 64.1 Å². The largest absolute Gasteiger partial charge is 0.455 e. The standard InChI is InChI=1S/C18H11F3N4O5/c19-18(20,21)12-3-1-2-11(8-12)17-7-5-14(30-17)10-22-23-15-6-4-13(24(26)27)9-16(15)25(28)29/h1-10,23H/b22-10-. The predicted octanol–water partition coefficient (Wildman–Crippen LogP) is 5.23. The topological polar surface area (TPSA) is 124 Å². The molecule has 3 rings (SSSR count). The number of hydrogen-bond donors (Lipinski definition) is 1. The van der Waals surface area contributed by atoms with Crippen molar-refractivity contribution >= 4 is 23.3 Å². The fourth-order valence-electron chi connectivity index (χ4n) is 2.47. The smallest absolute Gasteiger partial charge is 0.416 e. The minimum Gasteiger partial charge on any atom is -0.455 e. The Bertz CT molecular complexity index is 1140. The average molecular weight is 420 g/mol. The lowest BCUT2D eigenvalue weighted by atomic mass is 10.1. The minimum absolute atomic E-state index is 0.0912. The van der Waals surface area contributed by atoms with E-state index in [0.717, 1.165) is 36.5 Å². The van der Waals surface area contributed by atoms with Crippen LogP contribution in [0.25, 0.3) is 11.3 Å². The Hall–Kier alpha value is -4.22. The molecule has 1 N–H and O–H groups in total. The number of benzene rings is 2.